The third-order valence-corrected chi connectivity index (χ3v) is 5.00. The molecule has 1 saturated carbocycles. The van der Waals surface area contributed by atoms with Gasteiger partial charge in [0.2, 0.25) is 11.8 Å². The normalized spacial score (nSPS) is 20.8. The van der Waals surface area contributed by atoms with Gasteiger partial charge in [-0.15, -0.1) is 0 Å². The summed E-state index contributed by atoms with van der Waals surface area (Å²) in [6.45, 7) is 4.64. The lowest BCUT2D eigenvalue weighted by molar-refractivity contribution is -0.120. The fourth-order valence-corrected chi connectivity index (χ4v) is 3.51. The number of rotatable bonds is 8. The molecule has 1 fully saturated rings. The van der Waals surface area contributed by atoms with Crippen molar-refractivity contribution in [2.75, 3.05) is 20.3 Å². The molecule has 136 valence electrons. The zero-order valence-corrected chi connectivity index (χ0v) is 15.5. The summed E-state index contributed by atoms with van der Waals surface area (Å²) in [4.78, 5) is 20.5. The Morgan fingerprint density at radius 1 is 1.40 bits per heavy atom. The van der Waals surface area contributed by atoms with Crippen molar-refractivity contribution in [3.63, 3.8) is 0 Å². The van der Waals surface area contributed by atoms with E-state index in [1.807, 2.05) is 19.1 Å². The zero-order valence-electron chi connectivity index (χ0n) is 14.7. The highest BCUT2D eigenvalue weighted by molar-refractivity contribution is 7.19. The Morgan fingerprint density at radius 3 is 2.92 bits per heavy atom. The molecular weight excluding hydrogens is 342 g/mol. The number of hydrogen-bond donors (Lipinski definition) is 1. The van der Waals surface area contributed by atoms with Gasteiger partial charge < -0.3 is 19.5 Å². The third kappa shape index (κ3) is 4.79. The molecule has 1 amide bonds. The van der Waals surface area contributed by atoms with E-state index in [4.69, 9.17) is 14.2 Å². The molecule has 3 rings (SSSR count). The molecule has 2 aromatic heterocycles. The van der Waals surface area contributed by atoms with Crippen LogP contribution < -0.4 is 14.8 Å². The number of carbonyl (C=O) groups is 1. The van der Waals surface area contributed by atoms with Crippen molar-refractivity contribution < 1.29 is 19.0 Å². The van der Waals surface area contributed by atoms with Crippen molar-refractivity contribution in [3.05, 3.63) is 12.1 Å². The third-order valence-electron chi connectivity index (χ3n) is 4.08. The Bertz CT molecular complexity index is 730. The van der Waals surface area contributed by atoms with Gasteiger partial charge in [-0.2, -0.15) is 0 Å². The van der Waals surface area contributed by atoms with E-state index in [-0.39, 0.29) is 18.1 Å². The van der Waals surface area contributed by atoms with Crippen LogP contribution in [0.5, 0.6) is 11.1 Å². The number of amides is 1. The topological polar surface area (TPSA) is 82.6 Å². The Labute approximate surface area is 150 Å². The second kappa shape index (κ2) is 7.97. The summed E-state index contributed by atoms with van der Waals surface area (Å²) in [7, 11) is 1.60. The number of nitrogens with zero attached hydrogens (tertiary/aromatic N) is 2. The number of aromatic nitrogens is 2. The average Bonchev–Trinajstić information content (AvgIpc) is 2.94. The Morgan fingerprint density at radius 2 is 2.20 bits per heavy atom. The summed E-state index contributed by atoms with van der Waals surface area (Å²) in [6, 6.07) is 3.77. The second-order valence-electron chi connectivity index (χ2n) is 6.36. The van der Waals surface area contributed by atoms with E-state index >= 15 is 0 Å². The van der Waals surface area contributed by atoms with Crippen LogP contribution in [0.1, 0.15) is 26.7 Å². The van der Waals surface area contributed by atoms with Crippen LogP contribution in [-0.4, -0.2) is 48.3 Å². The van der Waals surface area contributed by atoms with Gasteiger partial charge in [-0.05, 0) is 31.7 Å². The second-order valence-corrected chi connectivity index (χ2v) is 7.30. The lowest BCUT2D eigenvalue weighted by Gasteiger charge is -2.35. The molecule has 25 heavy (non-hydrogen) atoms. The number of nitrogens with one attached hydrogen (secondary N) is 1. The van der Waals surface area contributed by atoms with Crippen molar-refractivity contribution in [2.45, 2.75) is 38.8 Å². The number of thiazole rings is 1. The molecule has 1 aliphatic rings. The van der Waals surface area contributed by atoms with Crippen molar-refractivity contribution in [2.24, 2.45) is 5.92 Å². The molecule has 0 saturated heterocycles. The smallest absolute Gasteiger partial charge is 0.275 e. The minimum absolute atomic E-state index is 0.0287. The molecule has 2 heterocycles. The lowest BCUT2D eigenvalue weighted by atomic mass is 9.83. The number of fused-ring (bicyclic) bond motifs is 1. The monoisotopic (exact) mass is 365 g/mol. The first-order valence-corrected chi connectivity index (χ1v) is 9.18. The van der Waals surface area contributed by atoms with Crippen molar-refractivity contribution in [1.29, 1.82) is 0 Å². The molecule has 0 aliphatic heterocycles. The number of carbonyl (C=O) groups excluding carboxylic acids is 1. The average molecular weight is 365 g/mol. The van der Waals surface area contributed by atoms with E-state index < -0.39 is 0 Å². The van der Waals surface area contributed by atoms with Crippen LogP contribution in [0.2, 0.25) is 0 Å². The van der Waals surface area contributed by atoms with Crippen LogP contribution in [-0.2, 0) is 9.53 Å². The first-order chi connectivity index (χ1) is 12.0. The number of hydrogen-bond acceptors (Lipinski definition) is 7. The van der Waals surface area contributed by atoms with Crippen molar-refractivity contribution in [1.82, 2.24) is 15.3 Å². The van der Waals surface area contributed by atoms with E-state index in [9.17, 15) is 4.79 Å². The van der Waals surface area contributed by atoms with Crippen molar-refractivity contribution in [3.8, 4) is 11.1 Å². The van der Waals surface area contributed by atoms with Gasteiger partial charge in [0, 0.05) is 19.0 Å². The SMILES string of the molecule is COc1nc2ccc(OC[C@H]3C[C@H](OC[C@H](C)NC(C)=O)C3)nc2s1. The molecule has 1 aliphatic carbocycles. The fraction of sp³-hybridized carbons (Fsp3) is 0.588. The highest BCUT2D eigenvalue weighted by Crippen LogP contribution is 2.31. The van der Waals surface area contributed by atoms with Gasteiger partial charge in [-0.1, -0.05) is 11.3 Å². The fourth-order valence-electron chi connectivity index (χ4n) is 2.77. The molecule has 1 N–H and O–H groups in total. The minimum Gasteiger partial charge on any atom is -0.477 e. The summed E-state index contributed by atoms with van der Waals surface area (Å²) in [5.74, 6) is 1.07. The van der Waals surface area contributed by atoms with Crippen LogP contribution in [0.25, 0.3) is 10.3 Å². The number of pyridine rings is 1. The maximum Gasteiger partial charge on any atom is 0.275 e. The number of methoxy groups -OCH3 is 1. The molecule has 0 radical (unpaired) electrons. The van der Waals surface area contributed by atoms with E-state index in [2.05, 4.69) is 15.3 Å². The molecule has 0 bridgehead atoms. The van der Waals surface area contributed by atoms with Gasteiger partial charge in [0.05, 0.1) is 26.4 Å². The summed E-state index contributed by atoms with van der Waals surface area (Å²) in [6.07, 6.45) is 2.21. The first-order valence-electron chi connectivity index (χ1n) is 8.36. The number of ether oxygens (including phenoxy) is 3. The van der Waals surface area contributed by atoms with E-state index in [0.717, 1.165) is 23.2 Å². The van der Waals surface area contributed by atoms with Gasteiger partial charge in [-0.3, -0.25) is 4.79 Å². The Kier molecular flexibility index (Phi) is 5.70. The quantitative estimate of drug-likeness (QED) is 0.773. The molecule has 7 nitrogen and oxygen atoms in total. The molecular formula is C17H23N3O4S. The maximum atomic E-state index is 11.0. The van der Waals surface area contributed by atoms with E-state index in [1.165, 1.54) is 18.3 Å². The van der Waals surface area contributed by atoms with Gasteiger partial charge >= 0.3 is 0 Å². The highest BCUT2D eigenvalue weighted by atomic mass is 32.1. The molecule has 0 spiro atoms. The van der Waals surface area contributed by atoms with Crippen LogP contribution in [0.4, 0.5) is 0 Å². The summed E-state index contributed by atoms with van der Waals surface area (Å²) >= 11 is 1.40. The Balaban J connectivity index is 1.38. The summed E-state index contributed by atoms with van der Waals surface area (Å²) in [5.41, 5.74) is 0.819. The predicted octanol–water partition coefficient (Wildman–Crippen LogP) is 2.40. The molecule has 0 aromatic carbocycles. The molecule has 0 unspecified atom stereocenters. The predicted molar refractivity (Wildman–Crippen MR) is 95.2 cm³/mol. The first kappa shape index (κ1) is 17.9. The molecule has 8 heteroatoms. The molecule has 1 atom stereocenters. The summed E-state index contributed by atoms with van der Waals surface area (Å²) < 4.78 is 16.7. The zero-order chi connectivity index (χ0) is 17.8. The highest BCUT2D eigenvalue weighted by Gasteiger charge is 2.30. The van der Waals surface area contributed by atoms with Crippen LogP contribution >= 0.6 is 11.3 Å². The van der Waals surface area contributed by atoms with Gasteiger partial charge in [0.25, 0.3) is 5.19 Å². The largest absolute Gasteiger partial charge is 0.477 e. The Hall–Kier alpha value is -1.93. The van der Waals surface area contributed by atoms with E-state index in [0.29, 0.717) is 30.2 Å². The lowest BCUT2D eigenvalue weighted by Crippen LogP contribution is -2.40. The van der Waals surface area contributed by atoms with Crippen LogP contribution in [0, 0.1) is 5.92 Å². The van der Waals surface area contributed by atoms with Gasteiger partial charge in [0.15, 0.2) is 4.83 Å². The summed E-state index contributed by atoms with van der Waals surface area (Å²) in [5, 5.41) is 3.42. The van der Waals surface area contributed by atoms with Crippen molar-refractivity contribution >= 4 is 27.6 Å². The molecule has 2 aromatic rings. The maximum absolute atomic E-state index is 11.0. The van der Waals surface area contributed by atoms with Gasteiger partial charge in [0.1, 0.15) is 5.52 Å². The van der Waals surface area contributed by atoms with Gasteiger partial charge in [-0.25, -0.2) is 9.97 Å². The standard InChI is InChI=1S/C17H23N3O4S/c1-10(18-11(2)21)8-23-13-6-12(7-13)9-24-15-5-4-14-16(20-15)25-17(19-14)22-3/h4-5,10,12-13H,6-9H2,1-3H3,(H,18,21)/t10-,12-,13-/m0/s1. The van der Waals surface area contributed by atoms with E-state index in [1.54, 1.807) is 7.11 Å². The van der Waals surface area contributed by atoms with Crippen LogP contribution in [0.15, 0.2) is 12.1 Å². The minimum atomic E-state index is -0.0287. The van der Waals surface area contributed by atoms with Crippen LogP contribution in [0.3, 0.4) is 0 Å².